The third-order valence-corrected chi connectivity index (χ3v) is 7.62. The standard InChI is InChI=1S/C23H27N5O3S/c1-18(19-9-11-21(12-10-19)28-17-24-16-25-28)26-23(29)20-7-6-8-22(15-20)32(30,31)27-13-4-2-3-5-14-27/h6-12,15-18H,2-5,13-14H2,1H3,(H,26,29)/t18-/m0/s1. The lowest BCUT2D eigenvalue weighted by atomic mass is 10.1. The Morgan fingerprint density at radius 2 is 1.75 bits per heavy atom. The van der Waals surface area contributed by atoms with E-state index in [4.69, 9.17) is 0 Å². The summed E-state index contributed by atoms with van der Waals surface area (Å²) in [5.74, 6) is -0.314. The lowest BCUT2D eigenvalue weighted by molar-refractivity contribution is 0.0939. The van der Waals surface area contributed by atoms with Gasteiger partial charge in [0.2, 0.25) is 10.0 Å². The molecule has 0 unspecified atom stereocenters. The summed E-state index contributed by atoms with van der Waals surface area (Å²) < 4.78 is 29.3. The van der Waals surface area contributed by atoms with Gasteiger partial charge >= 0.3 is 0 Å². The fourth-order valence-corrected chi connectivity index (χ4v) is 5.41. The summed E-state index contributed by atoms with van der Waals surface area (Å²) >= 11 is 0. The molecule has 32 heavy (non-hydrogen) atoms. The van der Waals surface area contributed by atoms with Gasteiger partial charge in [-0.15, -0.1) is 0 Å². The summed E-state index contributed by atoms with van der Waals surface area (Å²) in [5.41, 5.74) is 2.12. The van der Waals surface area contributed by atoms with Crippen molar-refractivity contribution in [1.29, 1.82) is 0 Å². The molecule has 0 aliphatic carbocycles. The topological polar surface area (TPSA) is 97.2 Å². The van der Waals surface area contributed by atoms with Crippen LogP contribution in [0.25, 0.3) is 5.69 Å². The van der Waals surface area contributed by atoms with E-state index in [2.05, 4.69) is 15.4 Å². The van der Waals surface area contributed by atoms with Crippen LogP contribution in [0.15, 0.2) is 66.1 Å². The lowest BCUT2D eigenvalue weighted by Crippen LogP contribution is -2.32. The second kappa shape index (κ2) is 9.62. The highest BCUT2D eigenvalue weighted by Gasteiger charge is 2.26. The van der Waals surface area contributed by atoms with Gasteiger partial charge in [0.15, 0.2) is 0 Å². The zero-order valence-corrected chi connectivity index (χ0v) is 18.8. The van der Waals surface area contributed by atoms with Gasteiger partial charge in [0.05, 0.1) is 16.6 Å². The summed E-state index contributed by atoms with van der Waals surface area (Å²) in [5, 5.41) is 7.05. The highest BCUT2D eigenvalue weighted by Crippen LogP contribution is 2.22. The van der Waals surface area contributed by atoms with Crippen LogP contribution in [0.2, 0.25) is 0 Å². The van der Waals surface area contributed by atoms with E-state index in [9.17, 15) is 13.2 Å². The molecular weight excluding hydrogens is 426 g/mol. The van der Waals surface area contributed by atoms with Gasteiger partial charge in [-0.3, -0.25) is 4.79 Å². The van der Waals surface area contributed by atoms with E-state index in [0.717, 1.165) is 36.9 Å². The van der Waals surface area contributed by atoms with Crippen molar-refractivity contribution in [1.82, 2.24) is 24.4 Å². The molecule has 1 N–H and O–H groups in total. The molecule has 9 heteroatoms. The van der Waals surface area contributed by atoms with Gasteiger partial charge in [0, 0.05) is 18.7 Å². The molecule has 1 saturated heterocycles. The number of amides is 1. The minimum absolute atomic E-state index is 0.164. The molecule has 1 aromatic heterocycles. The van der Waals surface area contributed by atoms with E-state index < -0.39 is 10.0 Å². The van der Waals surface area contributed by atoms with Gasteiger partial charge in [-0.1, -0.05) is 31.0 Å². The maximum Gasteiger partial charge on any atom is 0.251 e. The largest absolute Gasteiger partial charge is 0.346 e. The van der Waals surface area contributed by atoms with Crippen molar-refractivity contribution in [2.75, 3.05) is 13.1 Å². The molecule has 168 valence electrons. The summed E-state index contributed by atoms with van der Waals surface area (Å²) in [4.78, 5) is 17.0. The zero-order chi connectivity index (χ0) is 22.6. The summed E-state index contributed by atoms with van der Waals surface area (Å²) in [6.07, 6.45) is 6.92. The number of carbonyl (C=O) groups is 1. The van der Waals surface area contributed by atoms with Crippen LogP contribution in [0.5, 0.6) is 0 Å². The minimum atomic E-state index is -3.61. The first-order valence-electron chi connectivity index (χ1n) is 10.8. The third kappa shape index (κ3) is 4.89. The minimum Gasteiger partial charge on any atom is -0.346 e. The van der Waals surface area contributed by atoms with E-state index in [0.29, 0.717) is 18.7 Å². The van der Waals surface area contributed by atoms with E-state index in [1.807, 2.05) is 31.2 Å². The molecule has 2 aromatic carbocycles. The van der Waals surface area contributed by atoms with Crippen molar-refractivity contribution >= 4 is 15.9 Å². The monoisotopic (exact) mass is 453 g/mol. The molecule has 3 aromatic rings. The number of hydrogen-bond donors (Lipinski definition) is 1. The predicted molar refractivity (Wildman–Crippen MR) is 121 cm³/mol. The van der Waals surface area contributed by atoms with Crippen molar-refractivity contribution < 1.29 is 13.2 Å². The highest BCUT2D eigenvalue weighted by molar-refractivity contribution is 7.89. The number of aromatic nitrogens is 3. The molecule has 0 bridgehead atoms. The van der Waals surface area contributed by atoms with Crippen LogP contribution in [0, 0.1) is 0 Å². The van der Waals surface area contributed by atoms with E-state index >= 15 is 0 Å². The van der Waals surface area contributed by atoms with Gasteiger partial charge in [-0.05, 0) is 55.7 Å². The Hall–Kier alpha value is -3.04. The number of nitrogens with zero attached hydrogens (tertiary/aromatic N) is 4. The molecule has 2 heterocycles. The van der Waals surface area contributed by atoms with Gasteiger partial charge in [0.1, 0.15) is 12.7 Å². The SMILES string of the molecule is C[C@H](NC(=O)c1cccc(S(=O)(=O)N2CCCCCC2)c1)c1ccc(-n2cncn2)cc1. The van der Waals surface area contributed by atoms with Crippen molar-refractivity contribution in [2.24, 2.45) is 0 Å². The average Bonchev–Trinajstić information content (AvgIpc) is 3.20. The third-order valence-electron chi connectivity index (χ3n) is 5.72. The van der Waals surface area contributed by atoms with E-state index in [1.54, 1.807) is 29.2 Å². The van der Waals surface area contributed by atoms with Crippen molar-refractivity contribution in [3.63, 3.8) is 0 Å². The van der Waals surface area contributed by atoms with Gasteiger partial charge < -0.3 is 5.32 Å². The number of sulfonamides is 1. The van der Waals surface area contributed by atoms with Crippen LogP contribution >= 0.6 is 0 Å². The quantitative estimate of drug-likeness (QED) is 0.618. The molecule has 1 aliphatic rings. The molecule has 0 radical (unpaired) electrons. The van der Waals surface area contributed by atoms with Crippen LogP contribution in [-0.2, 0) is 10.0 Å². The van der Waals surface area contributed by atoms with Gasteiger partial charge in [-0.25, -0.2) is 18.1 Å². The first-order chi connectivity index (χ1) is 15.4. The maximum atomic E-state index is 13.1. The Labute approximate surface area is 188 Å². The highest BCUT2D eigenvalue weighted by atomic mass is 32.2. The zero-order valence-electron chi connectivity index (χ0n) is 18.0. The molecule has 0 spiro atoms. The Balaban J connectivity index is 1.46. The smallest absolute Gasteiger partial charge is 0.251 e. The number of carbonyl (C=O) groups excluding carboxylic acids is 1. The molecular formula is C23H27N5O3S. The number of nitrogens with one attached hydrogen (secondary N) is 1. The van der Waals surface area contributed by atoms with E-state index in [-0.39, 0.29) is 16.8 Å². The first kappa shape index (κ1) is 22.2. The van der Waals surface area contributed by atoms with Crippen LogP contribution in [0.1, 0.15) is 54.6 Å². The van der Waals surface area contributed by atoms with Crippen LogP contribution in [0.4, 0.5) is 0 Å². The van der Waals surface area contributed by atoms with E-state index in [1.165, 1.54) is 16.7 Å². The Morgan fingerprint density at radius 1 is 1.03 bits per heavy atom. The lowest BCUT2D eigenvalue weighted by Gasteiger charge is -2.20. The molecule has 1 amide bonds. The number of hydrogen-bond acceptors (Lipinski definition) is 5. The second-order valence-corrected chi connectivity index (χ2v) is 9.91. The fraction of sp³-hybridized carbons (Fsp3) is 0.348. The fourth-order valence-electron chi connectivity index (χ4n) is 3.85. The van der Waals surface area contributed by atoms with Crippen LogP contribution in [-0.4, -0.2) is 46.5 Å². The number of benzene rings is 2. The van der Waals surface area contributed by atoms with Gasteiger partial charge in [0.25, 0.3) is 5.91 Å². The second-order valence-electron chi connectivity index (χ2n) is 7.97. The molecule has 1 aliphatic heterocycles. The summed E-state index contributed by atoms with van der Waals surface area (Å²) in [6.45, 7) is 2.95. The molecule has 1 fully saturated rings. The van der Waals surface area contributed by atoms with Crippen LogP contribution in [0.3, 0.4) is 0 Å². The van der Waals surface area contributed by atoms with Gasteiger partial charge in [-0.2, -0.15) is 9.40 Å². The Bertz CT molecular complexity index is 1150. The van der Waals surface area contributed by atoms with Crippen molar-refractivity contribution in [3.05, 3.63) is 72.3 Å². The molecule has 4 rings (SSSR count). The molecule has 8 nitrogen and oxygen atoms in total. The molecule has 1 atom stereocenters. The summed E-state index contributed by atoms with van der Waals surface area (Å²) in [6, 6.07) is 13.7. The Morgan fingerprint density at radius 3 is 2.41 bits per heavy atom. The maximum absolute atomic E-state index is 13.1. The normalized spacial score (nSPS) is 16.3. The predicted octanol–water partition coefficient (Wildman–Crippen LogP) is 3.32. The van der Waals surface area contributed by atoms with Crippen molar-refractivity contribution in [2.45, 2.75) is 43.5 Å². The summed E-state index contributed by atoms with van der Waals surface area (Å²) in [7, 11) is -3.61. The Kier molecular flexibility index (Phi) is 6.66. The van der Waals surface area contributed by atoms with Crippen LogP contribution < -0.4 is 5.32 Å². The molecule has 0 saturated carbocycles. The van der Waals surface area contributed by atoms with Crippen molar-refractivity contribution in [3.8, 4) is 5.69 Å². The average molecular weight is 454 g/mol. The first-order valence-corrected chi connectivity index (χ1v) is 12.3. The number of rotatable bonds is 6.